The number of aromatic nitrogens is 1. The van der Waals surface area contributed by atoms with E-state index in [2.05, 4.69) is 0 Å². The van der Waals surface area contributed by atoms with Crippen molar-refractivity contribution in [3.8, 4) is 6.07 Å². The predicted molar refractivity (Wildman–Crippen MR) is 53.8 cm³/mol. The monoisotopic (exact) mass is 202 g/mol. The average Bonchev–Trinajstić information content (AvgIpc) is 2.22. The molecule has 0 spiro atoms. The molecule has 0 amide bonds. The van der Waals surface area contributed by atoms with Crippen LogP contribution in [-0.2, 0) is 6.54 Å². The number of halogens is 1. The van der Waals surface area contributed by atoms with E-state index in [0.29, 0.717) is 10.9 Å². The van der Waals surface area contributed by atoms with Gasteiger partial charge in [-0.2, -0.15) is 5.26 Å². The van der Waals surface area contributed by atoms with Gasteiger partial charge in [0.05, 0.1) is 11.6 Å². The van der Waals surface area contributed by atoms with E-state index in [9.17, 15) is 9.18 Å². The summed E-state index contributed by atoms with van der Waals surface area (Å²) in [4.78, 5) is 11.4. The Kier molecular flexibility index (Phi) is 2.22. The van der Waals surface area contributed by atoms with Crippen LogP contribution in [0.15, 0.2) is 35.3 Å². The molecule has 4 heteroatoms. The van der Waals surface area contributed by atoms with Crippen LogP contribution < -0.4 is 5.43 Å². The molecular weight excluding hydrogens is 195 g/mol. The lowest BCUT2D eigenvalue weighted by Gasteiger charge is -2.05. The number of hydrogen-bond acceptors (Lipinski definition) is 2. The first-order valence-corrected chi connectivity index (χ1v) is 4.38. The Balaban J connectivity index is 2.85. The van der Waals surface area contributed by atoms with Crippen molar-refractivity contribution in [2.24, 2.45) is 0 Å². The molecule has 1 aromatic carbocycles. The summed E-state index contributed by atoms with van der Waals surface area (Å²) < 4.78 is 14.5. The highest BCUT2D eigenvalue weighted by Gasteiger charge is 2.03. The van der Waals surface area contributed by atoms with Crippen molar-refractivity contribution < 1.29 is 4.39 Å². The zero-order valence-electron chi connectivity index (χ0n) is 7.77. The minimum Gasteiger partial charge on any atom is -0.333 e. The average molecular weight is 202 g/mol. The maximum Gasteiger partial charge on any atom is 0.189 e. The van der Waals surface area contributed by atoms with Gasteiger partial charge in [-0.15, -0.1) is 0 Å². The summed E-state index contributed by atoms with van der Waals surface area (Å²) in [6, 6.07) is 7.25. The maximum atomic E-state index is 13.0. The van der Waals surface area contributed by atoms with E-state index in [-0.39, 0.29) is 12.0 Å². The SMILES string of the molecule is N#CCn1ccc(=O)c2ccc(F)cc21. The Morgan fingerprint density at radius 2 is 2.20 bits per heavy atom. The number of fused-ring (bicyclic) bond motifs is 1. The van der Waals surface area contributed by atoms with Crippen molar-refractivity contribution >= 4 is 10.9 Å². The molecule has 1 heterocycles. The summed E-state index contributed by atoms with van der Waals surface area (Å²) in [5, 5.41) is 9.00. The Labute approximate surface area is 85.0 Å². The predicted octanol–water partition coefficient (Wildman–Crippen LogP) is 1.66. The second-order valence-electron chi connectivity index (χ2n) is 3.13. The van der Waals surface area contributed by atoms with Gasteiger partial charge in [-0.25, -0.2) is 4.39 Å². The summed E-state index contributed by atoms with van der Waals surface area (Å²) in [6.45, 7) is 0.0975. The minimum atomic E-state index is -0.417. The lowest BCUT2D eigenvalue weighted by atomic mass is 10.2. The maximum absolute atomic E-state index is 13.0. The Morgan fingerprint density at radius 1 is 1.40 bits per heavy atom. The summed E-state index contributed by atoms with van der Waals surface area (Å²) in [5.41, 5.74) is 0.281. The van der Waals surface area contributed by atoms with Crippen LogP contribution in [0.25, 0.3) is 10.9 Å². The molecule has 0 atom stereocenters. The number of hydrogen-bond donors (Lipinski definition) is 0. The smallest absolute Gasteiger partial charge is 0.189 e. The summed E-state index contributed by atoms with van der Waals surface area (Å²) in [6.07, 6.45) is 1.49. The highest BCUT2D eigenvalue weighted by atomic mass is 19.1. The van der Waals surface area contributed by atoms with E-state index in [4.69, 9.17) is 5.26 Å². The van der Waals surface area contributed by atoms with E-state index < -0.39 is 5.82 Å². The van der Waals surface area contributed by atoms with E-state index in [0.717, 1.165) is 0 Å². The van der Waals surface area contributed by atoms with Crippen LogP contribution in [0.3, 0.4) is 0 Å². The van der Waals surface area contributed by atoms with Crippen molar-refractivity contribution in [3.63, 3.8) is 0 Å². The summed E-state index contributed by atoms with van der Waals surface area (Å²) in [5.74, 6) is -0.417. The molecule has 74 valence electrons. The lowest BCUT2D eigenvalue weighted by Crippen LogP contribution is -2.07. The first-order valence-electron chi connectivity index (χ1n) is 4.38. The third-order valence-corrected chi connectivity index (χ3v) is 2.18. The lowest BCUT2D eigenvalue weighted by molar-refractivity contribution is 0.628. The van der Waals surface area contributed by atoms with Gasteiger partial charge in [-0.1, -0.05) is 0 Å². The molecule has 0 saturated heterocycles. The molecule has 0 aliphatic heterocycles. The first kappa shape index (κ1) is 9.41. The minimum absolute atomic E-state index is 0.0975. The highest BCUT2D eigenvalue weighted by Crippen LogP contribution is 2.11. The number of benzene rings is 1. The van der Waals surface area contributed by atoms with Gasteiger partial charge in [-0.3, -0.25) is 4.79 Å². The summed E-state index contributed by atoms with van der Waals surface area (Å²) >= 11 is 0. The molecule has 0 radical (unpaired) electrons. The molecule has 2 rings (SSSR count). The van der Waals surface area contributed by atoms with Gasteiger partial charge in [0.15, 0.2) is 5.43 Å². The fraction of sp³-hybridized carbons (Fsp3) is 0.0909. The van der Waals surface area contributed by atoms with Gasteiger partial charge in [0.1, 0.15) is 12.4 Å². The summed E-state index contributed by atoms with van der Waals surface area (Å²) in [7, 11) is 0. The van der Waals surface area contributed by atoms with Crippen molar-refractivity contribution in [2.45, 2.75) is 6.54 Å². The zero-order valence-corrected chi connectivity index (χ0v) is 7.77. The van der Waals surface area contributed by atoms with Crippen LogP contribution in [0.2, 0.25) is 0 Å². The van der Waals surface area contributed by atoms with Crippen LogP contribution in [0.5, 0.6) is 0 Å². The molecule has 0 aliphatic carbocycles. The zero-order chi connectivity index (χ0) is 10.8. The van der Waals surface area contributed by atoms with Crippen LogP contribution in [-0.4, -0.2) is 4.57 Å². The van der Waals surface area contributed by atoms with Gasteiger partial charge >= 0.3 is 0 Å². The van der Waals surface area contributed by atoms with Crippen LogP contribution >= 0.6 is 0 Å². The molecule has 2 aromatic rings. The molecule has 0 fully saturated rings. The van der Waals surface area contributed by atoms with E-state index in [1.807, 2.05) is 6.07 Å². The molecule has 0 bridgehead atoms. The molecule has 0 saturated carbocycles. The van der Waals surface area contributed by atoms with Crippen molar-refractivity contribution in [3.05, 3.63) is 46.5 Å². The van der Waals surface area contributed by atoms with Gasteiger partial charge < -0.3 is 4.57 Å². The number of pyridine rings is 1. The molecule has 0 N–H and O–H groups in total. The van der Waals surface area contributed by atoms with Gasteiger partial charge in [0, 0.05) is 17.6 Å². The Hall–Kier alpha value is -2.15. The fourth-order valence-corrected chi connectivity index (χ4v) is 1.49. The van der Waals surface area contributed by atoms with Gasteiger partial charge in [-0.05, 0) is 18.2 Å². The second kappa shape index (κ2) is 3.54. The van der Waals surface area contributed by atoms with Crippen LogP contribution in [0, 0.1) is 17.1 Å². The van der Waals surface area contributed by atoms with Crippen molar-refractivity contribution in [1.29, 1.82) is 5.26 Å². The number of rotatable bonds is 1. The fourth-order valence-electron chi connectivity index (χ4n) is 1.49. The topological polar surface area (TPSA) is 45.8 Å². The Morgan fingerprint density at radius 3 is 2.93 bits per heavy atom. The third kappa shape index (κ3) is 1.59. The first-order chi connectivity index (χ1) is 7.22. The van der Waals surface area contributed by atoms with Gasteiger partial charge in [0.2, 0.25) is 0 Å². The van der Waals surface area contributed by atoms with E-state index >= 15 is 0 Å². The highest BCUT2D eigenvalue weighted by molar-refractivity contribution is 5.78. The number of nitriles is 1. The van der Waals surface area contributed by atoms with Gasteiger partial charge in [0.25, 0.3) is 0 Å². The van der Waals surface area contributed by atoms with E-state index in [1.165, 1.54) is 30.5 Å². The molecule has 1 aromatic heterocycles. The molecule has 0 unspecified atom stereocenters. The normalized spacial score (nSPS) is 10.1. The number of nitrogens with zero attached hydrogens (tertiary/aromatic N) is 2. The third-order valence-electron chi connectivity index (χ3n) is 2.18. The van der Waals surface area contributed by atoms with Crippen LogP contribution in [0.4, 0.5) is 4.39 Å². The molecular formula is C11H7FN2O. The second-order valence-corrected chi connectivity index (χ2v) is 3.13. The molecule has 15 heavy (non-hydrogen) atoms. The van der Waals surface area contributed by atoms with Crippen molar-refractivity contribution in [1.82, 2.24) is 4.57 Å². The Bertz CT molecular complexity index is 610. The van der Waals surface area contributed by atoms with Crippen LogP contribution in [0.1, 0.15) is 0 Å². The van der Waals surface area contributed by atoms with E-state index in [1.54, 1.807) is 4.57 Å². The largest absolute Gasteiger partial charge is 0.333 e. The molecule has 0 aliphatic rings. The molecule has 3 nitrogen and oxygen atoms in total. The quantitative estimate of drug-likeness (QED) is 0.706. The standard InChI is InChI=1S/C11H7FN2O/c12-8-1-2-9-10(7-8)14(6-4-13)5-3-11(9)15/h1-3,5,7H,6H2. The van der Waals surface area contributed by atoms with Crippen molar-refractivity contribution in [2.75, 3.05) is 0 Å².